The molecule has 0 aliphatic rings. The zero-order chi connectivity index (χ0) is 7.65. The molecule has 9 heavy (non-hydrogen) atoms. The van der Waals surface area contributed by atoms with Crippen LogP contribution in [0.3, 0.4) is 0 Å². The van der Waals surface area contributed by atoms with Crippen molar-refractivity contribution in [2.75, 3.05) is 21.1 Å². The van der Waals surface area contributed by atoms with Crippen LogP contribution in [0.1, 0.15) is 13.8 Å². The lowest BCUT2D eigenvalue weighted by molar-refractivity contribution is -0.793. The second-order valence-corrected chi connectivity index (χ2v) is 3.51. The van der Waals surface area contributed by atoms with Crippen LogP contribution in [0.2, 0.25) is 0 Å². The summed E-state index contributed by atoms with van der Waals surface area (Å²) in [5.41, 5.74) is 0. The van der Waals surface area contributed by atoms with Crippen molar-refractivity contribution in [3.63, 3.8) is 0 Å². The van der Waals surface area contributed by atoms with Crippen LogP contribution in [-0.4, -0.2) is 31.5 Å². The van der Waals surface area contributed by atoms with Crippen LogP contribution >= 0.6 is 0 Å². The number of hydrogen-bond donors (Lipinski definition) is 0. The highest BCUT2D eigenvalue weighted by atomic mass is 16.2. The van der Waals surface area contributed by atoms with Crippen LogP contribution in [0.4, 0.5) is 0 Å². The van der Waals surface area contributed by atoms with Gasteiger partial charge in [-0.3, -0.25) is 4.48 Å². The highest BCUT2D eigenvalue weighted by molar-refractivity contribution is 5.70. The monoisotopic (exact) mass is 130 g/mol. The largest absolute Gasteiger partial charge is 0.315 e. The number of amides is 1. The van der Waals surface area contributed by atoms with Crippen molar-refractivity contribution in [3.05, 3.63) is 0 Å². The zero-order valence-corrected chi connectivity index (χ0v) is 6.93. The Labute approximate surface area is 57.1 Å². The van der Waals surface area contributed by atoms with E-state index in [0.717, 1.165) is 0 Å². The third-order valence-corrected chi connectivity index (χ3v) is 1.16. The van der Waals surface area contributed by atoms with E-state index in [1.165, 1.54) is 0 Å². The average Bonchev–Trinajstić information content (AvgIpc) is 1.62. The van der Waals surface area contributed by atoms with Gasteiger partial charge in [-0.15, -0.1) is 0 Å². The molecule has 0 heterocycles. The molecule has 0 spiro atoms. The van der Waals surface area contributed by atoms with Crippen LogP contribution in [0.25, 0.3) is 0 Å². The molecule has 0 fully saturated rings. The van der Waals surface area contributed by atoms with Gasteiger partial charge < -0.3 is 0 Å². The fourth-order valence-corrected chi connectivity index (χ4v) is 0.775. The summed E-state index contributed by atoms with van der Waals surface area (Å²) in [7, 11) is 5.67. The number of carbonyl (C=O) groups is 1. The topological polar surface area (TPSA) is 17.1 Å². The van der Waals surface area contributed by atoms with Gasteiger partial charge in [-0.25, -0.2) is 4.79 Å². The van der Waals surface area contributed by atoms with Crippen LogP contribution in [0.15, 0.2) is 0 Å². The van der Waals surface area contributed by atoms with Gasteiger partial charge in [-0.1, -0.05) is 0 Å². The van der Waals surface area contributed by atoms with Gasteiger partial charge in [0.2, 0.25) is 0 Å². The Bertz CT molecular complexity index is 111. The molecule has 0 atom stereocenters. The van der Waals surface area contributed by atoms with Gasteiger partial charge in [-0.2, -0.15) is 0 Å². The summed E-state index contributed by atoms with van der Waals surface area (Å²) >= 11 is 0. The van der Waals surface area contributed by atoms with Crippen molar-refractivity contribution in [1.82, 2.24) is 0 Å². The maximum absolute atomic E-state index is 11.1. The lowest BCUT2D eigenvalue weighted by atomic mass is 10.2. The number of rotatable bonds is 1. The molecular weight excluding hydrogens is 114 g/mol. The van der Waals surface area contributed by atoms with E-state index < -0.39 is 0 Å². The van der Waals surface area contributed by atoms with E-state index in [9.17, 15) is 4.79 Å². The minimum absolute atomic E-state index is 0.144. The molecule has 0 aromatic carbocycles. The van der Waals surface area contributed by atoms with Crippen molar-refractivity contribution in [1.29, 1.82) is 0 Å². The molecule has 0 aliphatic carbocycles. The van der Waals surface area contributed by atoms with Crippen molar-refractivity contribution in [3.8, 4) is 0 Å². The molecule has 0 saturated carbocycles. The van der Waals surface area contributed by atoms with Gasteiger partial charge in [0.05, 0.1) is 27.1 Å². The summed E-state index contributed by atoms with van der Waals surface area (Å²) < 4.78 is 0.428. The summed E-state index contributed by atoms with van der Waals surface area (Å²) in [6.07, 6.45) is 0. The average molecular weight is 130 g/mol. The smallest absolute Gasteiger partial charge is 0.268 e. The quantitative estimate of drug-likeness (QED) is 0.481. The highest BCUT2D eigenvalue weighted by Gasteiger charge is 2.23. The third-order valence-electron chi connectivity index (χ3n) is 1.16. The van der Waals surface area contributed by atoms with Crippen molar-refractivity contribution < 1.29 is 9.28 Å². The summed E-state index contributed by atoms with van der Waals surface area (Å²) in [6, 6.07) is 0. The SMILES string of the molecule is CC(C)C(=O)[N+](C)(C)C. The van der Waals surface area contributed by atoms with E-state index in [-0.39, 0.29) is 11.8 Å². The Morgan fingerprint density at radius 2 is 1.56 bits per heavy atom. The molecule has 0 rings (SSSR count). The van der Waals surface area contributed by atoms with Crippen molar-refractivity contribution in [2.24, 2.45) is 5.92 Å². The van der Waals surface area contributed by atoms with E-state index in [1.807, 2.05) is 35.0 Å². The highest BCUT2D eigenvalue weighted by Crippen LogP contribution is 2.02. The molecule has 0 aromatic rings. The molecular formula is C7H16NO+. The van der Waals surface area contributed by atoms with Gasteiger partial charge in [0.15, 0.2) is 0 Å². The van der Waals surface area contributed by atoms with E-state index in [1.54, 1.807) is 0 Å². The molecule has 0 saturated heterocycles. The van der Waals surface area contributed by atoms with E-state index in [4.69, 9.17) is 0 Å². The Hall–Kier alpha value is -0.370. The second-order valence-electron chi connectivity index (χ2n) is 3.51. The van der Waals surface area contributed by atoms with E-state index >= 15 is 0 Å². The predicted octanol–water partition coefficient (Wildman–Crippen LogP) is 0.875. The van der Waals surface area contributed by atoms with Gasteiger partial charge in [0, 0.05) is 0 Å². The molecule has 0 aromatic heterocycles. The number of hydrogen-bond acceptors (Lipinski definition) is 1. The summed E-state index contributed by atoms with van der Waals surface area (Å²) in [5.74, 6) is 0.417. The molecule has 1 amide bonds. The van der Waals surface area contributed by atoms with Crippen LogP contribution in [0, 0.1) is 5.92 Å². The minimum atomic E-state index is 0.144. The first-order valence-corrected chi connectivity index (χ1v) is 3.21. The number of quaternary nitrogens is 1. The van der Waals surface area contributed by atoms with Crippen molar-refractivity contribution >= 4 is 5.91 Å². The summed E-state index contributed by atoms with van der Waals surface area (Å²) in [6.45, 7) is 3.84. The number of nitrogens with zero attached hydrogens (tertiary/aromatic N) is 1. The third kappa shape index (κ3) is 2.61. The predicted molar refractivity (Wildman–Crippen MR) is 37.9 cm³/mol. The summed E-state index contributed by atoms with van der Waals surface area (Å²) in [4.78, 5) is 11.1. The van der Waals surface area contributed by atoms with Crippen LogP contribution < -0.4 is 0 Å². The Morgan fingerprint density at radius 1 is 1.22 bits per heavy atom. The minimum Gasteiger partial charge on any atom is -0.268 e. The van der Waals surface area contributed by atoms with Gasteiger partial charge in [0.25, 0.3) is 0 Å². The van der Waals surface area contributed by atoms with Crippen LogP contribution in [0.5, 0.6) is 0 Å². The number of carbonyl (C=O) groups excluding carboxylic acids is 1. The standard InChI is InChI=1S/C7H16NO/c1-6(2)7(9)8(3,4)5/h6H,1-5H3/q+1. The van der Waals surface area contributed by atoms with Gasteiger partial charge >= 0.3 is 5.91 Å². The molecule has 2 nitrogen and oxygen atoms in total. The summed E-state index contributed by atoms with van der Waals surface area (Å²) in [5, 5.41) is 0. The molecule has 2 heteroatoms. The van der Waals surface area contributed by atoms with Gasteiger partial charge in [0.1, 0.15) is 0 Å². The van der Waals surface area contributed by atoms with E-state index in [0.29, 0.717) is 4.48 Å². The molecule has 0 bridgehead atoms. The maximum atomic E-state index is 11.1. The molecule has 0 radical (unpaired) electrons. The zero-order valence-electron chi connectivity index (χ0n) is 6.93. The molecule has 0 N–H and O–H groups in total. The molecule has 0 aliphatic heterocycles. The lowest BCUT2D eigenvalue weighted by Crippen LogP contribution is -2.43. The second kappa shape index (κ2) is 2.48. The maximum Gasteiger partial charge on any atom is 0.315 e. The molecule has 0 unspecified atom stereocenters. The fourth-order valence-electron chi connectivity index (χ4n) is 0.775. The first-order valence-electron chi connectivity index (χ1n) is 3.21. The van der Waals surface area contributed by atoms with Crippen molar-refractivity contribution in [2.45, 2.75) is 13.8 Å². The first kappa shape index (κ1) is 8.63. The first-order chi connectivity index (χ1) is 3.85. The van der Waals surface area contributed by atoms with Gasteiger partial charge in [-0.05, 0) is 13.8 Å². The Balaban J connectivity index is 4.06. The lowest BCUT2D eigenvalue weighted by Gasteiger charge is -2.22. The van der Waals surface area contributed by atoms with Crippen LogP contribution in [-0.2, 0) is 4.79 Å². The molecule has 54 valence electrons. The fraction of sp³-hybridized carbons (Fsp3) is 0.857. The normalized spacial score (nSPS) is 12.2. The Kier molecular flexibility index (Phi) is 2.38. The Morgan fingerprint density at radius 3 is 1.56 bits per heavy atom. The van der Waals surface area contributed by atoms with E-state index in [2.05, 4.69) is 0 Å².